The van der Waals surface area contributed by atoms with Gasteiger partial charge < -0.3 is 9.47 Å². The Balaban J connectivity index is 2.25. The van der Waals surface area contributed by atoms with Crippen LogP contribution in [-0.4, -0.2) is 32.5 Å². The molecule has 0 aromatic heterocycles. The van der Waals surface area contributed by atoms with Gasteiger partial charge in [-0.15, -0.1) is 0 Å². The molecule has 0 amide bonds. The first kappa shape index (κ1) is 12.9. The van der Waals surface area contributed by atoms with Crippen molar-refractivity contribution in [2.24, 2.45) is 5.84 Å². The van der Waals surface area contributed by atoms with Crippen LogP contribution in [-0.2, 0) is 9.47 Å². The maximum absolute atomic E-state index is 5.59. The van der Waals surface area contributed by atoms with Crippen LogP contribution >= 0.6 is 0 Å². The molecule has 0 aromatic carbocycles. The van der Waals surface area contributed by atoms with E-state index in [1.807, 2.05) is 7.11 Å². The Hall–Kier alpha value is -0.160. The SMILES string of the molecule is COCCCC(CC1(OC)CCC1)NN. The molecule has 1 fully saturated rings. The number of hydrazine groups is 1. The molecule has 1 aliphatic rings. The van der Waals surface area contributed by atoms with Crippen LogP contribution in [0.5, 0.6) is 0 Å². The van der Waals surface area contributed by atoms with Crippen molar-refractivity contribution in [1.29, 1.82) is 0 Å². The predicted octanol–water partition coefficient (Wildman–Crippen LogP) is 1.20. The Labute approximate surface area is 92.5 Å². The zero-order valence-electron chi connectivity index (χ0n) is 9.92. The van der Waals surface area contributed by atoms with E-state index in [4.69, 9.17) is 15.3 Å². The van der Waals surface area contributed by atoms with E-state index in [0.29, 0.717) is 6.04 Å². The van der Waals surface area contributed by atoms with Gasteiger partial charge in [-0.2, -0.15) is 0 Å². The molecule has 0 aliphatic heterocycles. The van der Waals surface area contributed by atoms with Crippen LogP contribution in [0.4, 0.5) is 0 Å². The Morgan fingerprint density at radius 1 is 1.40 bits per heavy atom. The summed E-state index contributed by atoms with van der Waals surface area (Å²) in [4.78, 5) is 0. The summed E-state index contributed by atoms with van der Waals surface area (Å²) in [6.07, 6.45) is 6.74. The van der Waals surface area contributed by atoms with Crippen LogP contribution < -0.4 is 11.3 Å². The minimum absolute atomic E-state index is 0.101. The molecule has 0 spiro atoms. The molecule has 3 N–H and O–H groups in total. The van der Waals surface area contributed by atoms with Crippen molar-refractivity contribution in [3.05, 3.63) is 0 Å². The van der Waals surface area contributed by atoms with Crippen LogP contribution in [0.2, 0.25) is 0 Å². The lowest BCUT2D eigenvalue weighted by molar-refractivity contribution is -0.0841. The summed E-state index contributed by atoms with van der Waals surface area (Å²) in [5.74, 6) is 5.55. The molecule has 1 saturated carbocycles. The molecule has 1 aliphatic carbocycles. The Kier molecular flexibility index (Phi) is 5.53. The molecule has 0 bridgehead atoms. The second-order valence-corrected chi connectivity index (χ2v) is 4.44. The van der Waals surface area contributed by atoms with Gasteiger partial charge >= 0.3 is 0 Å². The molecule has 4 nitrogen and oxygen atoms in total. The van der Waals surface area contributed by atoms with Gasteiger partial charge in [0.25, 0.3) is 0 Å². The third kappa shape index (κ3) is 3.72. The molecule has 15 heavy (non-hydrogen) atoms. The number of nitrogens with two attached hydrogens (primary N) is 1. The fraction of sp³-hybridized carbons (Fsp3) is 1.00. The third-order valence-corrected chi connectivity index (χ3v) is 3.45. The Bertz CT molecular complexity index is 166. The van der Waals surface area contributed by atoms with Gasteiger partial charge in [-0.3, -0.25) is 11.3 Å². The summed E-state index contributed by atoms with van der Waals surface area (Å²) in [5, 5.41) is 0. The second-order valence-electron chi connectivity index (χ2n) is 4.44. The summed E-state index contributed by atoms with van der Waals surface area (Å²) in [6.45, 7) is 0.804. The van der Waals surface area contributed by atoms with Gasteiger partial charge in [-0.25, -0.2) is 0 Å². The molecule has 1 unspecified atom stereocenters. The van der Waals surface area contributed by atoms with Crippen molar-refractivity contribution in [2.45, 2.75) is 50.2 Å². The van der Waals surface area contributed by atoms with Gasteiger partial charge in [0.1, 0.15) is 0 Å². The third-order valence-electron chi connectivity index (χ3n) is 3.45. The lowest BCUT2D eigenvalue weighted by Crippen LogP contribution is -2.47. The summed E-state index contributed by atoms with van der Waals surface area (Å²) >= 11 is 0. The molecule has 90 valence electrons. The van der Waals surface area contributed by atoms with Crippen molar-refractivity contribution in [1.82, 2.24) is 5.43 Å². The fourth-order valence-electron chi connectivity index (χ4n) is 2.23. The first-order valence-corrected chi connectivity index (χ1v) is 5.76. The lowest BCUT2D eigenvalue weighted by Gasteiger charge is -2.42. The first-order valence-electron chi connectivity index (χ1n) is 5.76. The summed E-state index contributed by atoms with van der Waals surface area (Å²) in [7, 11) is 3.54. The normalized spacial score (nSPS) is 21.0. The van der Waals surface area contributed by atoms with Crippen molar-refractivity contribution in [2.75, 3.05) is 20.8 Å². The highest BCUT2D eigenvalue weighted by Gasteiger charge is 2.38. The highest BCUT2D eigenvalue weighted by molar-refractivity contribution is 4.92. The standard InChI is InChI=1S/C11H24N2O2/c1-14-8-3-5-10(13-12)9-11(15-2)6-4-7-11/h10,13H,3-9,12H2,1-2H3. The largest absolute Gasteiger partial charge is 0.385 e. The fourth-order valence-corrected chi connectivity index (χ4v) is 2.23. The minimum Gasteiger partial charge on any atom is -0.385 e. The molecule has 4 heteroatoms. The first-order chi connectivity index (χ1) is 7.26. The van der Waals surface area contributed by atoms with E-state index >= 15 is 0 Å². The number of hydrogen-bond acceptors (Lipinski definition) is 4. The number of methoxy groups -OCH3 is 2. The molecular weight excluding hydrogens is 192 g/mol. The van der Waals surface area contributed by atoms with E-state index in [2.05, 4.69) is 5.43 Å². The average Bonchev–Trinajstić information content (AvgIpc) is 2.21. The van der Waals surface area contributed by atoms with Crippen LogP contribution in [0.1, 0.15) is 38.5 Å². The number of ether oxygens (including phenoxy) is 2. The molecule has 1 rings (SSSR count). The second kappa shape index (κ2) is 6.43. The molecule has 1 atom stereocenters. The van der Waals surface area contributed by atoms with Gasteiger partial charge in [0.2, 0.25) is 0 Å². The van der Waals surface area contributed by atoms with Crippen LogP contribution in [0.3, 0.4) is 0 Å². The van der Waals surface area contributed by atoms with E-state index in [1.165, 1.54) is 19.3 Å². The lowest BCUT2D eigenvalue weighted by atomic mass is 9.75. The van der Waals surface area contributed by atoms with Crippen molar-refractivity contribution in [3.63, 3.8) is 0 Å². The number of hydrogen-bond donors (Lipinski definition) is 2. The molecule has 0 saturated heterocycles. The van der Waals surface area contributed by atoms with Gasteiger partial charge in [0, 0.05) is 26.9 Å². The zero-order valence-corrected chi connectivity index (χ0v) is 9.92. The zero-order chi connectivity index (χ0) is 11.1. The van der Waals surface area contributed by atoms with Gasteiger partial charge in [-0.1, -0.05) is 0 Å². The van der Waals surface area contributed by atoms with E-state index in [9.17, 15) is 0 Å². The molecule has 0 radical (unpaired) electrons. The van der Waals surface area contributed by atoms with Gasteiger partial charge in [-0.05, 0) is 38.5 Å². The van der Waals surface area contributed by atoms with E-state index in [0.717, 1.165) is 25.9 Å². The van der Waals surface area contributed by atoms with Gasteiger partial charge in [0.05, 0.1) is 5.60 Å². The minimum atomic E-state index is 0.101. The predicted molar refractivity (Wildman–Crippen MR) is 60.4 cm³/mol. The van der Waals surface area contributed by atoms with E-state index in [-0.39, 0.29) is 5.60 Å². The van der Waals surface area contributed by atoms with Crippen LogP contribution in [0.15, 0.2) is 0 Å². The number of rotatable bonds is 8. The Morgan fingerprint density at radius 3 is 2.53 bits per heavy atom. The molecular formula is C11H24N2O2. The molecule has 0 aromatic rings. The summed E-state index contributed by atoms with van der Waals surface area (Å²) in [6, 6.07) is 0.348. The van der Waals surface area contributed by atoms with E-state index in [1.54, 1.807) is 7.11 Å². The van der Waals surface area contributed by atoms with Gasteiger partial charge in [0.15, 0.2) is 0 Å². The highest BCUT2D eigenvalue weighted by atomic mass is 16.5. The van der Waals surface area contributed by atoms with Crippen molar-refractivity contribution < 1.29 is 9.47 Å². The van der Waals surface area contributed by atoms with E-state index < -0.39 is 0 Å². The van der Waals surface area contributed by atoms with Crippen molar-refractivity contribution in [3.8, 4) is 0 Å². The van der Waals surface area contributed by atoms with Crippen LogP contribution in [0, 0.1) is 0 Å². The van der Waals surface area contributed by atoms with Crippen LogP contribution in [0.25, 0.3) is 0 Å². The summed E-state index contributed by atoms with van der Waals surface area (Å²) < 4.78 is 10.6. The topological polar surface area (TPSA) is 56.5 Å². The van der Waals surface area contributed by atoms with Crippen molar-refractivity contribution >= 4 is 0 Å². The monoisotopic (exact) mass is 216 g/mol. The summed E-state index contributed by atoms with van der Waals surface area (Å²) in [5.41, 5.74) is 2.98. The average molecular weight is 216 g/mol. The Morgan fingerprint density at radius 2 is 2.13 bits per heavy atom. The maximum Gasteiger partial charge on any atom is 0.0694 e. The number of nitrogens with one attached hydrogen (secondary N) is 1. The molecule has 0 heterocycles. The highest BCUT2D eigenvalue weighted by Crippen LogP contribution is 2.39. The quantitative estimate of drug-likeness (QED) is 0.364. The maximum atomic E-state index is 5.59. The smallest absolute Gasteiger partial charge is 0.0694 e.